The summed E-state index contributed by atoms with van der Waals surface area (Å²) in [7, 11) is 0. The van der Waals surface area contributed by atoms with Crippen molar-refractivity contribution < 1.29 is 9.13 Å². The molecule has 0 radical (unpaired) electrons. The lowest BCUT2D eigenvalue weighted by molar-refractivity contribution is 0.306. The Kier molecular flexibility index (Phi) is 3.00. The Morgan fingerprint density at radius 2 is 1.86 bits per heavy atom. The van der Waals surface area contributed by atoms with E-state index in [-0.39, 0.29) is 5.82 Å². The smallest absolute Gasteiger partial charge is 0.142 e. The zero-order valence-electron chi connectivity index (χ0n) is 11.7. The van der Waals surface area contributed by atoms with Crippen LogP contribution in [0.15, 0.2) is 60.8 Å². The summed E-state index contributed by atoms with van der Waals surface area (Å²) in [6.45, 7) is 0.513. The van der Waals surface area contributed by atoms with Gasteiger partial charge in [0.15, 0.2) is 0 Å². The quantitative estimate of drug-likeness (QED) is 0.606. The highest BCUT2D eigenvalue weighted by molar-refractivity contribution is 6.06. The van der Waals surface area contributed by atoms with E-state index in [1.54, 1.807) is 0 Å². The maximum Gasteiger partial charge on any atom is 0.142 e. The molecule has 0 bridgehead atoms. The number of hydrogen-bond donors (Lipinski definition) is 1. The molecule has 2 heterocycles. The van der Waals surface area contributed by atoms with Gasteiger partial charge in [-0.05, 0) is 23.8 Å². The second kappa shape index (κ2) is 5.15. The van der Waals surface area contributed by atoms with E-state index in [1.165, 1.54) is 12.3 Å². The highest BCUT2D eigenvalue weighted by Gasteiger charge is 2.07. The van der Waals surface area contributed by atoms with Crippen LogP contribution in [-0.2, 0) is 6.61 Å². The molecule has 0 fully saturated rings. The number of halogens is 1. The molecule has 22 heavy (non-hydrogen) atoms. The van der Waals surface area contributed by atoms with Crippen LogP contribution in [0.3, 0.4) is 0 Å². The fourth-order valence-electron chi connectivity index (χ4n) is 2.56. The molecule has 108 valence electrons. The molecule has 2 aromatic carbocycles. The maximum absolute atomic E-state index is 13.3. The van der Waals surface area contributed by atoms with Crippen molar-refractivity contribution >= 4 is 21.9 Å². The number of rotatable bonds is 3. The second-order valence-electron chi connectivity index (χ2n) is 5.16. The van der Waals surface area contributed by atoms with Crippen LogP contribution in [0.25, 0.3) is 21.9 Å². The number of aromatic nitrogens is 2. The van der Waals surface area contributed by atoms with Crippen molar-refractivity contribution in [2.75, 3.05) is 0 Å². The lowest BCUT2D eigenvalue weighted by atomic mass is 10.2. The normalized spacial score (nSPS) is 11.1. The van der Waals surface area contributed by atoms with Crippen LogP contribution in [0.4, 0.5) is 4.39 Å². The minimum Gasteiger partial charge on any atom is -0.489 e. The summed E-state index contributed by atoms with van der Waals surface area (Å²) in [6, 6.07) is 17.2. The lowest BCUT2D eigenvalue weighted by Gasteiger charge is -2.06. The number of hydrogen-bond acceptors (Lipinski definition) is 2. The zero-order valence-corrected chi connectivity index (χ0v) is 11.7. The number of ether oxygens (including phenoxy) is 1. The molecule has 0 unspecified atom stereocenters. The highest BCUT2D eigenvalue weighted by Crippen LogP contribution is 2.28. The number of nitrogens with zero attached hydrogens (tertiary/aromatic N) is 1. The molecule has 4 rings (SSSR count). The summed E-state index contributed by atoms with van der Waals surface area (Å²) in [5, 5.41) is 1.72. The summed E-state index contributed by atoms with van der Waals surface area (Å²) >= 11 is 0. The van der Waals surface area contributed by atoms with Gasteiger partial charge in [0.1, 0.15) is 23.8 Å². The Bertz CT molecular complexity index is 947. The second-order valence-corrected chi connectivity index (χ2v) is 5.16. The molecule has 0 aliphatic carbocycles. The molecule has 4 heteroatoms. The number of benzene rings is 2. The third-order valence-corrected chi connectivity index (χ3v) is 3.64. The third-order valence-electron chi connectivity index (χ3n) is 3.64. The standard InChI is InChI=1S/C18H13FN2O/c19-13-8-16-15-7-6-14(9-17(15)21-18(16)20-10-13)22-11-12-4-2-1-3-5-12/h1-10H,11H2,(H,20,21). The molecular weight excluding hydrogens is 279 g/mol. The number of pyridine rings is 1. The number of nitrogens with one attached hydrogen (secondary N) is 1. The van der Waals surface area contributed by atoms with E-state index < -0.39 is 0 Å². The SMILES string of the molecule is Fc1cnc2[nH]c3cc(OCc4ccccc4)ccc3c2c1. The average molecular weight is 292 g/mol. The van der Waals surface area contributed by atoms with Crippen molar-refractivity contribution in [2.24, 2.45) is 0 Å². The Labute approximate surface area is 126 Å². The third kappa shape index (κ3) is 2.29. The van der Waals surface area contributed by atoms with E-state index in [1.807, 2.05) is 48.5 Å². The van der Waals surface area contributed by atoms with Crippen molar-refractivity contribution in [3.05, 3.63) is 72.2 Å². The molecule has 3 nitrogen and oxygen atoms in total. The van der Waals surface area contributed by atoms with Crippen LogP contribution in [-0.4, -0.2) is 9.97 Å². The molecule has 0 aliphatic rings. The molecule has 0 aliphatic heterocycles. The Morgan fingerprint density at radius 1 is 1.00 bits per heavy atom. The maximum atomic E-state index is 13.3. The van der Waals surface area contributed by atoms with Crippen molar-refractivity contribution in [3.63, 3.8) is 0 Å². The Morgan fingerprint density at radius 3 is 2.73 bits per heavy atom. The van der Waals surface area contributed by atoms with Gasteiger partial charge < -0.3 is 9.72 Å². The summed E-state index contributed by atoms with van der Waals surface area (Å²) in [4.78, 5) is 7.26. The molecule has 1 N–H and O–H groups in total. The van der Waals surface area contributed by atoms with E-state index in [0.717, 1.165) is 27.6 Å². The van der Waals surface area contributed by atoms with Crippen molar-refractivity contribution in [1.82, 2.24) is 9.97 Å². The summed E-state index contributed by atoms with van der Waals surface area (Å²) < 4.78 is 19.1. The van der Waals surface area contributed by atoms with Crippen molar-refractivity contribution in [1.29, 1.82) is 0 Å². The summed E-state index contributed by atoms with van der Waals surface area (Å²) in [6.07, 6.45) is 1.21. The van der Waals surface area contributed by atoms with Gasteiger partial charge in [0.25, 0.3) is 0 Å². The first-order chi connectivity index (χ1) is 10.8. The van der Waals surface area contributed by atoms with E-state index in [0.29, 0.717) is 12.3 Å². The van der Waals surface area contributed by atoms with Crippen LogP contribution >= 0.6 is 0 Å². The van der Waals surface area contributed by atoms with Gasteiger partial charge in [0.2, 0.25) is 0 Å². The van der Waals surface area contributed by atoms with Gasteiger partial charge in [0, 0.05) is 16.8 Å². The fraction of sp³-hybridized carbons (Fsp3) is 0.0556. The molecule has 0 spiro atoms. The largest absolute Gasteiger partial charge is 0.489 e. The van der Waals surface area contributed by atoms with E-state index in [9.17, 15) is 4.39 Å². The first-order valence-corrected chi connectivity index (χ1v) is 7.03. The van der Waals surface area contributed by atoms with Gasteiger partial charge in [-0.3, -0.25) is 0 Å². The Balaban J connectivity index is 1.67. The van der Waals surface area contributed by atoms with Crippen molar-refractivity contribution in [3.8, 4) is 5.75 Å². The predicted molar refractivity (Wildman–Crippen MR) is 84.3 cm³/mol. The minimum absolute atomic E-state index is 0.335. The molecular formula is C18H13FN2O. The van der Waals surface area contributed by atoms with Gasteiger partial charge in [0.05, 0.1) is 11.7 Å². The van der Waals surface area contributed by atoms with Crippen LogP contribution in [0, 0.1) is 5.82 Å². The van der Waals surface area contributed by atoms with Crippen LogP contribution in [0.2, 0.25) is 0 Å². The molecule has 4 aromatic rings. The molecule has 0 saturated heterocycles. The number of fused-ring (bicyclic) bond motifs is 3. The average Bonchev–Trinajstić information content (AvgIpc) is 2.91. The van der Waals surface area contributed by atoms with E-state index >= 15 is 0 Å². The first-order valence-electron chi connectivity index (χ1n) is 7.03. The zero-order chi connectivity index (χ0) is 14.9. The molecule has 0 atom stereocenters. The minimum atomic E-state index is -0.335. The Hall–Kier alpha value is -2.88. The van der Waals surface area contributed by atoms with E-state index in [4.69, 9.17) is 4.74 Å². The molecule has 0 amide bonds. The van der Waals surface area contributed by atoms with Gasteiger partial charge in [-0.1, -0.05) is 30.3 Å². The van der Waals surface area contributed by atoms with Crippen LogP contribution in [0.1, 0.15) is 5.56 Å². The van der Waals surface area contributed by atoms with Gasteiger partial charge in [-0.2, -0.15) is 0 Å². The van der Waals surface area contributed by atoms with Gasteiger partial charge >= 0.3 is 0 Å². The molecule has 0 saturated carbocycles. The monoisotopic (exact) mass is 292 g/mol. The molecule has 2 aromatic heterocycles. The van der Waals surface area contributed by atoms with E-state index in [2.05, 4.69) is 9.97 Å². The topological polar surface area (TPSA) is 37.9 Å². The van der Waals surface area contributed by atoms with Gasteiger partial charge in [-0.25, -0.2) is 9.37 Å². The fourth-order valence-corrected chi connectivity index (χ4v) is 2.56. The summed E-state index contributed by atoms with van der Waals surface area (Å²) in [5.41, 5.74) is 2.68. The first kappa shape index (κ1) is 12.8. The highest BCUT2D eigenvalue weighted by atomic mass is 19.1. The number of H-pyrrole nitrogens is 1. The van der Waals surface area contributed by atoms with Gasteiger partial charge in [-0.15, -0.1) is 0 Å². The summed E-state index contributed by atoms with van der Waals surface area (Å²) in [5.74, 6) is 0.432. The predicted octanol–water partition coefficient (Wildman–Crippen LogP) is 4.43. The number of aromatic amines is 1. The van der Waals surface area contributed by atoms with Crippen LogP contribution in [0.5, 0.6) is 5.75 Å². The van der Waals surface area contributed by atoms with Crippen molar-refractivity contribution in [2.45, 2.75) is 6.61 Å². The van der Waals surface area contributed by atoms with Crippen LogP contribution < -0.4 is 4.74 Å². The lowest BCUT2D eigenvalue weighted by Crippen LogP contribution is -1.94.